The van der Waals surface area contributed by atoms with E-state index in [0.717, 1.165) is 42.1 Å². The molecule has 5 unspecified atom stereocenters. The van der Waals surface area contributed by atoms with Gasteiger partial charge in [0.15, 0.2) is 11.6 Å². The minimum Gasteiger partial charge on any atom is -0.342 e. The van der Waals surface area contributed by atoms with Crippen LogP contribution in [0.5, 0.6) is 0 Å². The Labute approximate surface area is 184 Å². The van der Waals surface area contributed by atoms with Gasteiger partial charge in [-0.05, 0) is 78.7 Å². The first kappa shape index (κ1) is 19.8. The molecule has 2 heterocycles. The number of nitrogens with one attached hydrogen (secondary N) is 1. The molecule has 164 valence electrons. The van der Waals surface area contributed by atoms with Gasteiger partial charge in [-0.1, -0.05) is 6.92 Å². The summed E-state index contributed by atoms with van der Waals surface area (Å²) < 4.78 is 40.9. The normalized spacial score (nSPS) is 25.8. The summed E-state index contributed by atoms with van der Waals surface area (Å²) in [7, 11) is 0. The third-order valence-corrected chi connectivity index (χ3v) is 7.87. The van der Waals surface area contributed by atoms with Crippen LogP contribution in [0.4, 0.5) is 13.2 Å². The van der Waals surface area contributed by atoms with Gasteiger partial charge < -0.3 is 4.98 Å². The molecule has 2 aliphatic carbocycles. The molecular formula is C26H24F3N3. The topological polar surface area (TPSA) is 41.6 Å². The van der Waals surface area contributed by atoms with Gasteiger partial charge in [0.1, 0.15) is 11.6 Å². The lowest BCUT2D eigenvalue weighted by Crippen LogP contribution is -2.24. The number of halogens is 3. The predicted octanol–water partition coefficient (Wildman–Crippen LogP) is 6.54. The van der Waals surface area contributed by atoms with Gasteiger partial charge in [0.05, 0.1) is 16.6 Å². The minimum absolute atomic E-state index is 0.216. The Kier molecular flexibility index (Phi) is 4.52. The van der Waals surface area contributed by atoms with Gasteiger partial charge in [-0.15, -0.1) is 0 Å². The SMILES string of the molecule is CC(Cc1nc2cc(F)c(F)cc2[nH]1)C1CC2CC1CC2c1ccnc2ccc(F)cc12. The van der Waals surface area contributed by atoms with Gasteiger partial charge in [-0.25, -0.2) is 18.2 Å². The summed E-state index contributed by atoms with van der Waals surface area (Å²) in [6.45, 7) is 2.26. The lowest BCUT2D eigenvalue weighted by atomic mass is 9.73. The van der Waals surface area contributed by atoms with Gasteiger partial charge in [-0.2, -0.15) is 0 Å². The molecule has 0 aliphatic heterocycles. The molecule has 0 saturated heterocycles. The average Bonchev–Trinajstić information content (AvgIpc) is 3.47. The highest BCUT2D eigenvalue weighted by Gasteiger charge is 2.48. The van der Waals surface area contributed by atoms with Crippen LogP contribution < -0.4 is 0 Å². The molecule has 32 heavy (non-hydrogen) atoms. The van der Waals surface area contributed by atoms with E-state index >= 15 is 0 Å². The molecule has 6 rings (SSSR count). The molecule has 5 atom stereocenters. The lowest BCUT2D eigenvalue weighted by molar-refractivity contribution is 0.224. The van der Waals surface area contributed by atoms with E-state index < -0.39 is 11.6 Å². The van der Waals surface area contributed by atoms with Crippen LogP contribution in [0.2, 0.25) is 0 Å². The van der Waals surface area contributed by atoms with E-state index in [1.165, 1.54) is 24.1 Å². The molecule has 2 bridgehead atoms. The van der Waals surface area contributed by atoms with Gasteiger partial charge in [-0.3, -0.25) is 4.98 Å². The van der Waals surface area contributed by atoms with Gasteiger partial charge >= 0.3 is 0 Å². The molecule has 1 N–H and O–H groups in total. The van der Waals surface area contributed by atoms with Crippen LogP contribution in [-0.2, 0) is 6.42 Å². The van der Waals surface area contributed by atoms with E-state index in [1.807, 2.05) is 6.20 Å². The van der Waals surface area contributed by atoms with Crippen LogP contribution in [0.15, 0.2) is 42.6 Å². The summed E-state index contributed by atoms with van der Waals surface area (Å²) >= 11 is 0. The molecule has 2 aromatic heterocycles. The highest BCUT2D eigenvalue weighted by Crippen LogP contribution is 2.58. The Hall–Kier alpha value is -2.89. The predicted molar refractivity (Wildman–Crippen MR) is 118 cm³/mol. The molecule has 0 radical (unpaired) electrons. The quantitative estimate of drug-likeness (QED) is 0.396. The zero-order chi connectivity index (χ0) is 22.0. The van der Waals surface area contributed by atoms with Crippen LogP contribution in [0, 0.1) is 41.1 Å². The number of rotatable bonds is 4. The van der Waals surface area contributed by atoms with Crippen molar-refractivity contribution in [2.75, 3.05) is 0 Å². The number of aromatic amines is 1. The average molecular weight is 435 g/mol. The monoisotopic (exact) mass is 435 g/mol. The van der Waals surface area contributed by atoms with Crippen LogP contribution >= 0.6 is 0 Å². The molecule has 4 aromatic rings. The second kappa shape index (κ2) is 7.32. The van der Waals surface area contributed by atoms with E-state index in [9.17, 15) is 13.2 Å². The number of nitrogens with zero attached hydrogens (tertiary/aromatic N) is 2. The first-order valence-corrected chi connectivity index (χ1v) is 11.3. The van der Waals surface area contributed by atoms with Crippen molar-refractivity contribution in [2.45, 2.75) is 38.5 Å². The summed E-state index contributed by atoms with van der Waals surface area (Å²) in [6, 6.07) is 9.25. The summed E-state index contributed by atoms with van der Waals surface area (Å²) in [5.74, 6) is 1.55. The molecule has 3 nitrogen and oxygen atoms in total. The van der Waals surface area contributed by atoms with Crippen molar-refractivity contribution in [3.8, 4) is 0 Å². The third kappa shape index (κ3) is 3.19. The number of imidazole rings is 1. The molecule has 2 aromatic carbocycles. The number of pyridine rings is 1. The van der Waals surface area contributed by atoms with E-state index in [1.54, 1.807) is 12.1 Å². The summed E-state index contributed by atoms with van der Waals surface area (Å²) in [6.07, 6.45) is 6.08. The summed E-state index contributed by atoms with van der Waals surface area (Å²) in [5.41, 5.74) is 3.09. The Morgan fingerprint density at radius 3 is 2.62 bits per heavy atom. The lowest BCUT2D eigenvalue weighted by Gasteiger charge is -2.32. The maximum Gasteiger partial charge on any atom is 0.161 e. The van der Waals surface area contributed by atoms with Crippen LogP contribution in [0.1, 0.15) is 43.5 Å². The van der Waals surface area contributed by atoms with Gasteiger partial charge in [0, 0.05) is 30.1 Å². The number of benzene rings is 2. The van der Waals surface area contributed by atoms with Crippen molar-refractivity contribution < 1.29 is 13.2 Å². The molecule has 2 saturated carbocycles. The Bertz CT molecular complexity index is 1290. The number of hydrogen-bond donors (Lipinski definition) is 1. The molecule has 0 amide bonds. The third-order valence-electron chi connectivity index (χ3n) is 7.87. The molecule has 0 spiro atoms. The Balaban J connectivity index is 1.20. The summed E-state index contributed by atoms with van der Waals surface area (Å²) in [5, 5.41) is 0.941. The fraction of sp³-hybridized carbons (Fsp3) is 0.385. The second-order valence-corrected chi connectivity index (χ2v) is 9.71. The van der Waals surface area contributed by atoms with Crippen molar-refractivity contribution in [3.63, 3.8) is 0 Å². The second-order valence-electron chi connectivity index (χ2n) is 9.71. The van der Waals surface area contributed by atoms with E-state index in [2.05, 4.69) is 27.9 Å². The molecule has 2 aliphatic rings. The van der Waals surface area contributed by atoms with Crippen LogP contribution in [0.3, 0.4) is 0 Å². The van der Waals surface area contributed by atoms with Crippen LogP contribution in [-0.4, -0.2) is 15.0 Å². The van der Waals surface area contributed by atoms with Crippen molar-refractivity contribution in [2.24, 2.45) is 23.7 Å². The number of aromatic nitrogens is 3. The highest BCUT2D eigenvalue weighted by molar-refractivity contribution is 5.82. The van der Waals surface area contributed by atoms with E-state index in [0.29, 0.717) is 40.6 Å². The maximum absolute atomic E-state index is 13.9. The smallest absolute Gasteiger partial charge is 0.161 e. The highest BCUT2D eigenvalue weighted by atomic mass is 19.2. The number of fused-ring (bicyclic) bond motifs is 4. The van der Waals surface area contributed by atoms with Crippen LogP contribution in [0.25, 0.3) is 21.9 Å². The Morgan fingerprint density at radius 2 is 1.81 bits per heavy atom. The first-order chi connectivity index (χ1) is 15.5. The van der Waals surface area contributed by atoms with Crippen molar-refractivity contribution >= 4 is 21.9 Å². The zero-order valence-corrected chi connectivity index (χ0v) is 17.8. The first-order valence-electron chi connectivity index (χ1n) is 11.3. The van der Waals surface area contributed by atoms with Crippen molar-refractivity contribution in [1.82, 2.24) is 15.0 Å². The van der Waals surface area contributed by atoms with Crippen molar-refractivity contribution in [1.29, 1.82) is 0 Å². The molecule has 6 heteroatoms. The zero-order valence-electron chi connectivity index (χ0n) is 17.8. The van der Waals surface area contributed by atoms with Crippen molar-refractivity contribution in [3.05, 3.63) is 71.4 Å². The molecule has 2 fully saturated rings. The largest absolute Gasteiger partial charge is 0.342 e. The van der Waals surface area contributed by atoms with Gasteiger partial charge in [0.2, 0.25) is 0 Å². The maximum atomic E-state index is 13.9. The standard InChI is InChI=1S/C26H24F3N3/c1-13(6-26-31-24-11-21(28)22(29)12-25(24)32-26)18-8-15-7-14(18)9-19(15)17-4-5-30-23-3-2-16(27)10-20(17)23/h2-5,10-15,18-19H,6-9H2,1H3,(H,31,32). The fourth-order valence-corrected chi connectivity index (χ4v) is 6.47. The summed E-state index contributed by atoms with van der Waals surface area (Å²) in [4.78, 5) is 12.1. The minimum atomic E-state index is -0.869. The Morgan fingerprint density at radius 1 is 0.969 bits per heavy atom. The van der Waals surface area contributed by atoms with E-state index in [-0.39, 0.29) is 5.82 Å². The van der Waals surface area contributed by atoms with Gasteiger partial charge in [0.25, 0.3) is 0 Å². The molecular weight excluding hydrogens is 411 g/mol. The van der Waals surface area contributed by atoms with E-state index in [4.69, 9.17) is 0 Å². The number of H-pyrrole nitrogens is 1. The fourth-order valence-electron chi connectivity index (χ4n) is 6.47. The number of hydrogen-bond acceptors (Lipinski definition) is 2.